The van der Waals surface area contributed by atoms with Gasteiger partial charge in [-0.05, 0) is 19.9 Å². The van der Waals surface area contributed by atoms with Crippen molar-refractivity contribution in [3.05, 3.63) is 18.2 Å². The molecule has 1 aromatic rings. The van der Waals surface area contributed by atoms with Gasteiger partial charge in [-0.2, -0.15) is 0 Å². The monoisotopic (exact) mass is 333 g/mol. The van der Waals surface area contributed by atoms with Crippen molar-refractivity contribution < 1.29 is 9.59 Å². The molecule has 2 amide bonds. The normalized spacial score (nSPS) is 23.5. The molecule has 1 atom stereocenters. The molecule has 7 heteroatoms. The Hall–Kier alpha value is -1.89. The maximum atomic E-state index is 12.9. The number of piperidine rings is 1. The molecular weight excluding hydrogens is 306 g/mol. The SMILES string of the molecule is CC(=O)N1CCN(C)C(C(=O)N2CCC(c3cncn3C)CC2)C1. The summed E-state index contributed by atoms with van der Waals surface area (Å²) in [4.78, 5) is 34.6. The molecule has 0 spiro atoms. The van der Waals surface area contributed by atoms with E-state index in [1.54, 1.807) is 11.8 Å². The van der Waals surface area contributed by atoms with Gasteiger partial charge in [-0.25, -0.2) is 4.98 Å². The van der Waals surface area contributed by atoms with E-state index < -0.39 is 0 Å². The van der Waals surface area contributed by atoms with Crippen molar-refractivity contribution in [1.82, 2.24) is 24.3 Å². The van der Waals surface area contributed by atoms with Crippen LogP contribution in [0, 0.1) is 0 Å². The predicted octanol–water partition coefficient (Wildman–Crippen LogP) is 0.289. The number of carbonyl (C=O) groups is 2. The Balaban J connectivity index is 1.60. The zero-order valence-electron chi connectivity index (χ0n) is 14.8. The van der Waals surface area contributed by atoms with Gasteiger partial charge in [0.25, 0.3) is 0 Å². The third kappa shape index (κ3) is 3.31. The fraction of sp³-hybridized carbons (Fsp3) is 0.706. The van der Waals surface area contributed by atoms with Crippen LogP contribution in [-0.2, 0) is 16.6 Å². The Kier molecular flexibility index (Phi) is 4.89. The van der Waals surface area contributed by atoms with Crippen LogP contribution in [0.1, 0.15) is 31.4 Å². The number of aryl methyl sites for hydroxylation is 1. The van der Waals surface area contributed by atoms with Crippen LogP contribution < -0.4 is 0 Å². The molecule has 7 nitrogen and oxygen atoms in total. The lowest BCUT2D eigenvalue weighted by molar-refractivity contribution is -0.143. The van der Waals surface area contributed by atoms with Gasteiger partial charge in [0.05, 0.1) is 6.33 Å². The van der Waals surface area contributed by atoms with Gasteiger partial charge >= 0.3 is 0 Å². The van der Waals surface area contributed by atoms with Crippen molar-refractivity contribution in [3.63, 3.8) is 0 Å². The van der Waals surface area contributed by atoms with Crippen molar-refractivity contribution in [2.75, 3.05) is 39.8 Å². The maximum Gasteiger partial charge on any atom is 0.241 e. The van der Waals surface area contributed by atoms with Gasteiger partial charge < -0.3 is 14.4 Å². The van der Waals surface area contributed by atoms with Crippen molar-refractivity contribution >= 4 is 11.8 Å². The third-order valence-electron chi connectivity index (χ3n) is 5.46. The van der Waals surface area contributed by atoms with Crippen molar-refractivity contribution in [1.29, 1.82) is 0 Å². The van der Waals surface area contributed by atoms with Crippen LogP contribution in [-0.4, -0.2) is 81.9 Å². The molecule has 132 valence electrons. The van der Waals surface area contributed by atoms with Crippen LogP contribution in [0.15, 0.2) is 12.5 Å². The largest absolute Gasteiger partial charge is 0.341 e. The number of rotatable bonds is 2. The van der Waals surface area contributed by atoms with Gasteiger partial charge in [0, 0.05) is 64.5 Å². The molecular formula is C17H27N5O2. The Morgan fingerprint density at radius 1 is 1.08 bits per heavy atom. The molecule has 2 saturated heterocycles. The second kappa shape index (κ2) is 6.93. The molecule has 0 radical (unpaired) electrons. The van der Waals surface area contributed by atoms with Gasteiger partial charge in [-0.15, -0.1) is 0 Å². The van der Waals surface area contributed by atoms with E-state index in [1.807, 2.05) is 31.5 Å². The smallest absolute Gasteiger partial charge is 0.241 e. The first kappa shape index (κ1) is 17.0. The number of carbonyl (C=O) groups excluding carboxylic acids is 2. The summed E-state index contributed by atoms with van der Waals surface area (Å²) in [6.45, 7) is 5.09. The first-order chi connectivity index (χ1) is 11.5. The van der Waals surface area contributed by atoms with E-state index >= 15 is 0 Å². The Bertz CT molecular complexity index is 606. The quantitative estimate of drug-likeness (QED) is 0.780. The number of amides is 2. The van der Waals surface area contributed by atoms with E-state index in [-0.39, 0.29) is 17.9 Å². The van der Waals surface area contributed by atoms with Gasteiger partial charge in [0.1, 0.15) is 6.04 Å². The highest BCUT2D eigenvalue weighted by atomic mass is 16.2. The molecule has 2 aliphatic rings. The van der Waals surface area contributed by atoms with Crippen molar-refractivity contribution in [2.45, 2.75) is 31.7 Å². The fourth-order valence-electron chi connectivity index (χ4n) is 3.79. The Morgan fingerprint density at radius 2 is 1.79 bits per heavy atom. The summed E-state index contributed by atoms with van der Waals surface area (Å²) in [5.41, 5.74) is 1.25. The van der Waals surface area contributed by atoms with E-state index in [0.717, 1.165) is 32.5 Å². The van der Waals surface area contributed by atoms with E-state index in [0.29, 0.717) is 19.0 Å². The Morgan fingerprint density at radius 3 is 2.38 bits per heavy atom. The number of aromatic nitrogens is 2. The van der Waals surface area contributed by atoms with Crippen LogP contribution in [0.3, 0.4) is 0 Å². The summed E-state index contributed by atoms with van der Waals surface area (Å²) in [6.07, 6.45) is 5.71. The molecule has 0 aliphatic carbocycles. The van der Waals surface area contributed by atoms with E-state index in [9.17, 15) is 9.59 Å². The molecule has 3 heterocycles. The lowest BCUT2D eigenvalue weighted by Crippen LogP contribution is -2.59. The zero-order valence-corrected chi connectivity index (χ0v) is 14.8. The highest BCUT2D eigenvalue weighted by molar-refractivity contribution is 5.83. The molecule has 0 saturated carbocycles. The summed E-state index contributed by atoms with van der Waals surface area (Å²) in [5, 5.41) is 0. The minimum atomic E-state index is -0.212. The highest BCUT2D eigenvalue weighted by Gasteiger charge is 2.35. The summed E-state index contributed by atoms with van der Waals surface area (Å²) < 4.78 is 2.07. The topological polar surface area (TPSA) is 61.7 Å². The van der Waals surface area contributed by atoms with Crippen LogP contribution >= 0.6 is 0 Å². The lowest BCUT2D eigenvalue weighted by atomic mass is 9.93. The third-order valence-corrected chi connectivity index (χ3v) is 5.46. The van der Waals surface area contributed by atoms with Gasteiger partial charge in [0.15, 0.2) is 0 Å². The van der Waals surface area contributed by atoms with E-state index in [1.165, 1.54) is 5.69 Å². The summed E-state index contributed by atoms with van der Waals surface area (Å²) in [7, 11) is 4.00. The summed E-state index contributed by atoms with van der Waals surface area (Å²) >= 11 is 0. The summed E-state index contributed by atoms with van der Waals surface area (Å²) in [6, 6.07) is -0.212. The average Bonchev–Trinajstić information content (AvgIpc) is 3.00. The molecule has 0 aromatic carbocycles. The zero-order chi connectivity index (χ0) is 17.3. The molecule has 2 aliphatic heterocycles. The summed E-state index contributed by atoms with van der Waals surface area (Å²) in [5.74, 6) is 0.682. The van der Waals surface area contributed by atoms with Crippen LogP contribution in [0.4, 0.5) is 0 Å². The standard InChI is InChI=1S/C17H27N5O2/c1-13(23)22-9-8-19(2)16(11-22)17(24)21-6-4-14(5-7-21)15-10-18-12-20(15)3/h10,12,14,16H,4-9,11H2,1-3H3. The number of likely N-dealkylation sites (N-methyl/N-ethyl adjacent to an activating group) is 1. The number of imidazole rings is 1. The molecule has 3 rings (SSSR count). The van der Waals surface area contributed by atoms with Gasteiger partial charge in [-0.3, -0.25) is 14.5 Å². The second-order valence-electron chi connectivity index (χ2n) is 6.99. The first-order valence-corrected chi connectivity index (χ1v) is 8.68. The number of piperazine rings is 1. The van der Waals surface area contributed by atoms with Crippen LogP contribution in [0.25, 0.3) is 0 Å². The van der Waals surface area contributed by atoms with Crippen molar-refractivity contribution in [3.8, 4) is 0 Å². The number of hydrogen-bond acceptors (Lipinski definition) is 4. The van der Waals surface area contributed by atoms with Crippen molar-refractivity contribution in [2.24, 2.45) is 7.05 Å². The number of nitrogens with zero attached hydrogens (tertiary/aromatic N) is 5. The maximum absolute atomic E-state index is 12.9. The number of likely N-dealkylation sites (tertiary alicyclic amines) is 1. The van der Waals surface area contributed by atoms with E-state index in [4.69, 9.17) is 0 Å². The van der Waals surface area contributed by atoms with E-state index in [2.05, 4.69) is 14.5 Å². The molecule has 0 bridgehead atoms. The average molecular weight is 333 g/mol. The van der Waals surface area contributed by atoms with Gasteiger partial charge in [0.2, 0.25) is 11.8 Å². The molecule has 24 heavy (non-hydrogen) atoms. The minimum Gasteiger partial charge on any atom is -0.341 e. The molecule has 1 unspecified atom stereocenters. The molecule has 0 N–H and O–H groups in total. The fourth-order valence-corrected chi connectivity index (χ4v) is 3.79. The van der Waals surface area contributed by atoms with Gasteiger partial charge in [-0.1, -0.05) is 0 Å². The highest BCUT2D eigenvalue weighted by Crippen LogP contribution is 2.28. The first-order valence-electron chi connectivity index (χ1n) is 8.68. The van der Waals surface area contributed by atoms with Crippen LogP contribution in [0.5, 0.6) is 0 Å². The van der Waals surface area contributed by atoms with Crippen LogP contribution in [0.2, 0.25) is 0 Å². The predicted molar refractivity (Wildman–Crippen MR) is 90.4 cm³/mol. The Labute approximate surface area is 143 Å². The minimum absolute atomic E-state index is 0.0517. The number of hydrogen-bond donors (Lipinski definition) is 0. The lowest BCUT2D eigenvalue weighted by Gasteiger charge is -2.41. The molecule has 2 fully saturated rings. The second-order valence-corrected chi connectivity index (χ2v) is 6.99. The molecule has 1 aromatic heterocycles.